The summed E-state index contributed by atoms with van der Waals surface area (Å²) in [4.78, 5) is 14.2. The fraction of sp³-hybridized carbons (Fsp3) is 0.562. The van der Waals surface area contributed by atoms with Gasteiger partial charge in [0.2, 0.25) is 5.91 Å². The molecule has 0 unspecified atom stereocenters. The summed E-state index contributed by atoms with van der Waals surface area (Å²) >= 11 is 5.90. The first-order valence-electron chi connectivity index (χ1n) is 7.32. The molecule has 0 fully saturated rings. The molecule has 0 bridgehead atoms. The Kier molecular flexibility index (Phi) is 6.49. The van der Waals surface area contributed by atoms with Gasteiger partial charge in [0.1, 0.15) is 0 Å². The van der Waals surface area contributed by atoms with E-state index in [1.54, 1.807) is 18.2 Å². The minimum Gasteiger partial charge on any atom is -0.397 e. The van der Waals surface area contributed by atoms with Crippen LogP contribution in [0.25, 0.3) is 0 Å². The van der Waals surface area contributed by atoms with Crippen LogP contribution in [0.2, 0.25) is 5.02 Å². The number of carbonyl (C=O) groups excluding carboxylic acids is 1. The number of carbonyl (C=O) groups is 1. The normalized spacial score (nSPS) is 11.7. The van der Waals surface area contributed by atoms with Gasteiger partial charge in [-0.1, -0.05) is 18.5 Å². The largest absolute Gasteiger partial charge is 0.397 e. The molecule has 0 heterocycles. The second-order valence-corrected chi connectivity index (χ2v) is 6.41. The predicted molar refractivity (Wildman–Crippen MR) is 90.7 cm³/mol. The first kappa shape index (κ1) is 17.8. The number of nitrogens with one attached hydrogen (secondary N) is 1. The van der Waals surface area contributed by atoms with Crippen LogP contribution in [0, 0.1) is 0 Å². The van der Waals surface area contributed by atoms with Gasteiger partial charge in [0.05, 0.1) is 11.4 Å². The number of nitrogen functional groups attached to an aromatic ring is 1. The molecule has 0 aliphatic rings. The quantitative estimate of drug-likeness (QED) is 0.754. The van der Waals surface area contributed by atoms with Crippen molar-refractivity contribution in [1.29, 1.82) is 0 Å². The van der Waals surface area contributed by atoms with Gasteiger partial charge in [0.15, 0.2) is 0 Å². The topological polar surface area (TPSA) is 58.4 Å². The number of nitrogens with two attached hydrogens (primary N) is 1. The third-order valence-corrected chi connectivity index (χ3v) is 4.32. The molecule has 21 heavy (non-hydrogen) atoms. The lowest BCUT2D eigenvalue weighted by Crippen LogP contribution is -2.41. The standard InChI is InChI=1S/C16H26ClN3O/c1-5-16(2,3)20(4)10-6-7-15(21)19-14-11-12(17)8-9-13(14)18/h8-9,11H,5-7,10,18H2,1-4H3,(H,19,21). The van der Waals surface area contributed by atoms with Gasteiger partial charge < -0.3 is 16.0 Å². The summed E-state index contributed by atoms with van der Waals surface area (Å²) in [5.41, 5.74) is 7.07. The SMILES string of the molecule is CCC(C)(C)N(C)CCCC(=O)Nc1cc(Cl)ccc1N. The van der Waals surface area contributed by atoms with Crippen LogP contribution in [-0.4, -0.2) is 29.9 Å². The van der Waals surface area contributed by atoms with E-state index < -0.39 is 0 Å². The van der Waals surface area contributed by atoms with E-state index in [2.05, 4.69) is 38.0 Å². The fourth-order valence-electron chi connectivity index (χ4n) is 1.90. The summed E-state index contributed by atoms with van der Waals surface area (Å²) in [7, 11) is 2.09. The number of benzene rings is 1. The highest BCUT2D eigenvalue weighted by molar-refractivity contribution is 6.31. The van der Waals surface area contributed by atoms with Gasteiger partial charge >= 0.3 is 0 Å². The lowest BCUT2D eigenvalue weighted by molar-refractivity contribution is -0.116. The van der Waals surface area contributed by atoms with E-state index in [1.165, 1.54) is 0 Å². The van der Waals surface area contributed by atoms with Gasteiger partial charge in [0, 0.05) is 17.0 Å². The van der Waals surface area contributed by atoms with E-state index in [-0.39, 0.29) is 11.4 Å². The highest BCUT2D eigenvalue weighted by Crippen LogP contribution is 2.23. The van der Waals surface area contributed by atoms with Crippen LogP contribution in [0.15, 0.2) is 18.2 Å². The average Bonchev–Trinajstić information content (AvgIpc) is 2.42. The van der Waals surface area contributed by atoms with Crippen LogP contribution in [0.4, 0.5) is 11.4 Å². The number of halogens is 1. The molecule has 0 radical (unpaired) electrons. The van der Waals surface area contributed by atoms with Crippen LogP contribution in [0.1, 0.15) is 40.0 Å². The Bertz CT molecular complexity index is 488. The molecule has 0 aliphatic carbocycles. The maximum absolute atomic E-state index is 11.9. The highest BCUT2D eigenvalue weighted by Gasteiger charge is 2.20. The van der Waals surface area contributed by atoms with Gasteiger partial charge in [-0.2, -0.15) is 0 Å². The Labute approximate surface area is 132 Å². The van der Waals surface area contributed by atoms with Crippen molar-refractivity contribution in [2.24, 2.45) is 0 Å². The zero-order valence-electron chi connectivity index (χ0n) is 13.4. The highest BCUT2D eigenvalue weighted by atomic mass is 35.5. The summed E-state index contributed by atoms with van der Waals surface area (Å²) in [5, 5.41) is 3.37. The summed E-state index contributed by atoms with van der Waals surface area (Å²) in [6.07, 6.45) is 2.36. The first-order valence-corrected chi connectivity index (χ1v) is 7.70. The first-order chi connectivity index (χ1) is 9.76. The molecule has 0 aliphatic heterocycles. The number of hydrogen-bond donors (Lipinski definition) is 2. The van der Waals surface area contributed by atoms with Crippen LogP contribution >= 0.6 is 11.6 Å². The summed E-state index contributed by atoms with van der Waals surface area (Å²) < 4.78 is 0. The maximum Gasteiger partial charge on any atom is 0.224 e. The number of anilines is 2. The predicted octanol–water partition coefficient (Wildman–Crippen LogP) is 3.76. The van der Waals surface area contributed by atoms with Crippen LogP contribution in [0.5, 0.6) is 0 Å². The maximum atomic E-state index is 11.9. The zero-order valence-corrected chi connectivity index (χ0v) is 14.1. The van der Waals surface area contributed by atoms with Crippen LogP contribution in [0.3, 0.4) is 0 Å². The van der Waals surface area contributed by atoms with Gasteiger partial charge in [-0.3, -0.25) is 4.79 Å². The third kappa shape index (κ3) is 5.56. The van der Waals surface area contributed by atoms with Crippen molar-refractivity contribution in [2.45, 2.75) is 45.6 Å². The molecule has 1 rings (SSSR count). The Balaban J connectivity index is 2.43. The monoisotopic (exact) mass is 311 g/mol. The Morgan fingerprint density at radius 1 is 1.43 bits per heavy atom. The average molecular weight is 312 g/mol. The molecule has 0 saturated heterocycles. The van der Waals surface area contributed by atoms with E-state index in [9.17, 15) is 4.79 Å². The molecule has 3 N–H and O–H groups in total. The van der Waals surface area contributed by atoms with E-state index >= 15 is 0 Å². The van der Waals surface area contributed by atoms with E-state index in [0.717, 1.165) is 19.4 Å². The molecule has 0 atom stereocenters. The second-order valence-electron chi connectivity index (χ2n) is 5.97. The molecule has 1 amide bonds. The van der Waals surface area contributed by atoms with Crippen molar-refractivity contribution >= 4 is 28.9 Å². The molecular weight excluding hydrogens is 286 g/mol. The van der Waals surface area contributed by atoms with Crippen molar-refractivity contribution in [2.75, 3.05) is 24.6 Å². The van der Waals surface area contributed by atoms with Gasteiger partial charge in [0.25, 0.3) is 0 Å². The van der Waals surface area contributed by atoms with E-state index in [0.29, 0.717) is 22.8 Å². The number of amides is 1. The van der Waals surface area contributed by atoms with Crippen LogP contribution in [-0.2, 0) is 4.79 Å². The van der Waals surface area contributed by atoms with Crippen molar-refractivity contribution in [3.8, 4) is 0 Å². The molecule has 1 aromatic rings. The Morgan fingerprint density at radius 2 is 2.10 bits per heavy atom. The zero-order chi connectivity index (χ0) is 16.0. The van der Waals surface area contributed by atoms with E-state index in [4.69, 9.17) is 17.3 Å². The molecule has 1 aromatic carbocycles. The number of hydrogen-bond acceptors (Lipinski definition) is 3. The second kappa shape index (κ2) is 7.66. The third-order valence-electron chi connectivity index (χ3n) is 4.09. The van der Waals surface area contributed by atoms with Gasteiger partial charge in [-0.15, -0.1) is 0 Å². The van der Waals surface area contributed by atoms with Crippen molar-refractivity contribution < 1.29 is 4.79 Å². The Morgan fingerprint density at radius 3 is 2.71 bits per heavy atom. The smallest absolute Gasteiger partial charge is 0.224 e. The molecule has 0 spiro atoms. The van der Waals surface area contributed by atoms with Crippen LogP contribution < -0.4 is 11.1 Å². The minimum atomic E-state index is -0.0355. The number of rotatable bonds is 7. The summed E-state index contributed by atoms with van der Waals surface area (Å²) in [6, 6.07) is 5.06. The fourth-order valence-corrected chi connectivity index (χ4v) is 2.07. The molecule has 0 aromatic heterocycles. The molecule has 4 nitrogen and oxygen atoms in total. The van der Waals surface area contributed by atoms with Crippen molar-refractivity contribution in [1.82, 2.24) is 4.90 Å². The summed E-state index contributed by atoms with van der Waals surface area (Å²) in [5.74, 6) is -0.0355. The lowest BCUT2D eigenvalue weighted by atomic mass is 10.00. The molecular formula is C16H26ClN3O. The van der Waals surface area contributed by atoms with E-state index in [1.807, 2.05) is 0 Å². The molecule has 5 heteroatoms. The van der Waals surface area contributed by atoms with Crippen molar-refractivity contribution in [3.05, 3.63) is 23.2 Å². The molecule has 118 valence electrons. The number of nitrogens with zero attached hydrogens (tertiary/aromatic N) is 1. The van der Waals surface area contributed by atoms with Gasteiger partial charge in [-0.25, -0.2) is 0 Å². The minimum absolute atomic E-state index is 0.0355. The lowest BCUT2D eigenvalue weighted by Gasteiger charge is -2.34. The van der Waals surface area contributed by atoms with Crippen molar-refractivity contribution in [3.63, 3.8) is 0 Å². The molecule has 0 saturated carbocycles. The van der Waals surface area contributed by atoms with Gasteiger partial charge in [-0.05, 0) is 58.5 Å². The Hall–Kier alpha value is -1.26. The summed E-state index contributed by atoms with van der Waals surface area (Å²) in [6.45, 7) is 7.48.